The maximum absolute atomic E-state index is 10.2. The van der Waals surface area contributed by atoms with Crippen LogP contribution >= 0.6 is 0 Å². The van der Waals surface area contributed by atoms with E-state index in [-0.39, 0.29) is 0 Å². The zero-order valence-electron chi connectivity index (χ0n) is 16.5. The monoisotopic (exact) mass is 381 g/mol. The average Bonchev–Trinajstić information content (AvgIpc) is 3.33. The molecule has 1 unspecified atom stereocenters. The van der Waals surface area contributed by atoms with E-state index in [0.717, 1.165) is 29.2 Å². The summed E-state index contributed by atoms with van der Waals surface area (Å²) >= 11 is 0. The van der Waals surface area contributed by atoms with Gasteiger partial charge in [-0.3, -0.25) is 0 Å². The Bertz CT molecular complexity index is 915. The summed E-state index contributed by atoms with van der Waals surface area (Å²) in [4.78, 5) is 4.67. The minimum atomic E-state index is -0.735. The first kappa shape index (κ1) is 19.7. The van der Waals surface area contributed by atoms with E-state index in [1.165, 1.54) is 0 Å². The lowest BCUT2D eigenvalue weighted by Crippen LogP contribution is -2.39. The second-order valence-electron chi connectivity index (χ2n) is 6.57. The maximum atomic E-state index is 10.2. The maximum Gasteiger partial charge on any atom is 0.191 e. The van der Waals surface area contributed by atoms with Gasteiger partial charge in [0.05, 0.1) is 30.7 Å². The number of rotatable bonds is 7. The number of aliphatic hydroxyl groups is 1. The van der Waals surface area contributed by atoms with Gasteiger partial charge in [0.15, 0.2) is 5.96 Å². The number of furan rings is 1. The number of hydrogen-bond acceptors (Lipinski definition) is 4. The van der Waals surface area contributed by atoms with Gasteiger partial charge in [0.1, 0.15) is 11.9 Å². The lowest BCUT2D eigenvalue weighted by atomic mass is 10.2. The van der Waals surface area contributed by atoms with Crippen molar-refractivity contribution in [2.24, 2.45) is 4.99 Å². The van der Waals surface area contributed by atoms with Crippen LogP contribution in [0.5, 0.6) is 0 Å². The molecular weight excluding hydrogens is 354 g/mol. The fourth-order valence-corrected chi connectivity index (χ4v) is 3.00. The van der Waals surface area contributed by atoms with Crippen LogP contribution in [0.4, 0.5) is 0 Å². The summed E-state index contributed by atoms with van der Waals surface area (Å²) < 4.78 is 7.18. The standard InChI is InChI=1S/C21H27N5O2/c1-4-22-21(24-14-19(27)20-10-7-11-28-20)23-13-17-8-5-6-9-18(17)26-16(3)12-15(2)25-26/h5-12,19,27H,4,13-14H2,1-3H3,(H2,22,23,24). The third-order valence-electron chi connectivity index (χ3n) is 4.32. The molecule has 0 aliphatic carbocycles. The zero-order valence-corrected chi connectivity index (χ0v) is 16.5. The fourth-order valence-electron chi connectivity index (χ4n) is 3.00. The molecule has 1 aromatic carbocycles. The molecule has 2 heterocycles. The molecule has 0 aliphatic heterocycles. The van der Waals surface area contributed by atoms with Gasteiger partial charge < -0.3 is 20.2 Å². The molecule has 3 aromatic rings. The third kappa shape index (κ3) is 4.80. The Hall–Kier alpha value is -3.06. The number of hydrogen-bond donors (Lipinski definition) is 3. The number of guanidine groups is 1. The van der Waals surface area contributed by atoms with Crippen LogP contribution in [0, 0.1) is 13.8 Å². The molecular formula is C21H27N5O2. The summed E-state index contributed by atoms with van der Waals surface area (Å²) in [5.41, 5.74) is 4.15. The van der Waals surface area contributed by atoms with E-state index in [1.54, 1.807) is 18.4 Å². The summed E-state index contributed by atoms with van der Waals surface area (Å²) in [6.07, 6.45) is 0.814. The normalized spacial score (nSPS) is 12.8. The largest absolute Gasteiger partial charge is 0.467 e. The van der Waals surface area contributed by atoms with E-state index in [9.17, 15) is 5.11 Å². The van der Waals surface area contributed by atoms with E-state index in [1.807, 2.05) is 43.7 Å². The van der Waals surface area contributed by atoms with Crippen LogP contribution in [0.2, 0.25) is 0 Å². The molecule has 2 aromatic heterocycles. The van der Waals surface area contributed by atoms with E-state index < -0.39 is 6.10 Å². The Labute approximate surface area is 165 Å². The highest BCUT2D eigenvalue weighted by atomic mass is 16.4. The molecule has 0 fully saturated rings. The number of nitrogens with zero attached hydrogens (tertiary/aromatic N) is 3. The molecule has 0 saturated carbocycles. The second-order valence-corrected chi connectivity index (χ2v) is 6.57. The first-order valence-electron chi connectivity index (χ1n) is 9.43. The summed E-state index contributed by atoms with van der Waals surface area (Å²) in [6.45, 7) is 7.55. The molecule has 0 radical (unpaired) electrons. The number of aryl methyl sites for hydroxylation is 2. The van der Waals surface area contributed by atoms with Crippen LogP contribution in [0.25, 0.3) is 5.69 Å². The van der Waals surface area contributed by atoms with Gasteiger partial charge in [-0.15, -0.1) is 0 Å². The van der Waals surface area contributed by atoms with Crippen molar-refractivity contribution in [2.75, 3.05) is 13.1 Å². The van der Waals surface area contributed by atoms with E-state index in [4.69, 9.17) is 4.42 Å². The van der Waals surface area contributed by atoms with Gasteiger partial charge >= 0.3 is 0 Å². The lowest BCUT2D eigenvalue weighted by Gasteiger charge is -2.15. The Morgan fingerprint density at radius 2 is 2.04 bits per heavy atom. The molecule has 0 bridgehead atoms. The molecule has 7 nitrogen and oxygen atoms in total. The SMILES string of the molecule is CCNC(=NCc1ccccc1-n1nc(C)cc1C)NCC(O)c1ccco1. The third-order valence-corrected chi connectivity index (χ3v) is 4.32. The van der Waals surface area contributed by atoms with E-state index >= 15 is 0 Å². The number of aliphatic hydroxyl groups excluding tert-OH is 1. The molecule has 148 valence electrons. The smallest absolute Gasteiger partial charge is 0.191 e. The van der Waals surface area contributed by atoms with E-state index in [2.05, 4.69) is 32.9 Å². The van der Waals surface area contributed by atoms with Crippen molar-refractivity contribution in [1.29, 1.82) is 0 Å². The van der Waals surface area contributed by atoms with Crippen LogP contribution in [0.15, 0.2) is 58.1 Å². The van der Waals surface area contributed by atoms with Gasteiger partial charge in [-0.05, 0) is 50.6 Å². The first-order chi connectivity index (χ1) is 13.6. The van der Waals surface area contributed by atoms with Gasteiger partial charge in [0.25, 0.3) is 0 Å². The van der Waals surface area contributed by atoms with Crippen molar-refractivity contribution in [3.8, 4) is 5.69 Å². The Balaban J connectivity index is 1.73. The van der Waals surface area contributed by atoms with Crippen LogP contribution in [0.3, 0.4) is 0 Å². The minimum absolute atomic E-state index is 0.304. The van der Waals surface area contributed by atoms with Crippen molar-refractivity contribution in [3.05, 3.63) is 71.4 Å². The Morgan fingerprint density at radius 3 is 2.71 bits per heavy atom. The quantitative estimate of drug-likeness (QED) is 0.433. The summed E-state index contributed by atoms with van der Waals surface area (Å²) in [7, 11) is 0. The first-order valence-corrected chi connectivity index (χ1v) is 9.43. The van der Waals surface area contributed by atoms with Crippen molar-refractivity contribution in [1.82, 2.24) is 20.4 Å². The topological polar surface area (TPSA) is 87.6 Å². The number of nitrogens with one attached hydrogen (secondary N) is 2. The highest BCUT2D eigenvalue weighted by Gasteiger charge is 2.12. The van der Waals surface area contributed by atoms with Crippen molar-refractivity contribution >= 4 is 5.96 Å². The number of para-hydroxylation sites is 1. The molecule has 0 saturated heterocycles. The van der Waals surface area contributed by atoms with Crippen LogP contribution in [-0.2, 0) is 6.54 Å². The van der Waals surface area contributed by atoms with E-state index in [0.29, 0.717) is 24.8 Å². The van der Waals surface area contributed by atoms with Gasteiger partial charge in [0, 0.05) is 12.2 Å². The summed E-state index contributed by atoms with van der Waals surface area (Å²) in [5.74, 6) is 1.16. The molecule has 0 aliphatic rings. The molecule has 1 atom stereocenters. The van der Waals surface area contributed by atoms with Gasteiger partial charge in [-0.2, -0.15) is 5.10 Å². The number of benzene rings is 1. The number of aromatic nitrogens is 2. The minimum Gasteiger partial charge on any atom is -0.467 e. The van der Waals surface area contributed by atoms with Crippen molar-refractivity contribution in [3.63, 3.8) is 0 Å². The molecule has 3 rings (SSSR count). The Morgan fingerprint density at radius 1 is 1.21 bits per heavy atom. The van der Waals surface area contributed by atoms with Gasteiger partial charge in [0.2, 0.25) is 0 Å². The molecule has 28 heavy (non-hydrogen) atoms. The van der Waals surface area contributed by atoms with Crippen LogP contribution in [-0.4, -0.2) is 33.9 Å². The molecule has 3 N–H and O–H groups in total. The highest BCUT2D eigenvalue weighted by Crippen LogP contribution is 2.18. The van der Waals surface area contributed by atoms with Crippen LogP contribution in [0.1, 0.15) is 35.7 Å². The summed E-state index contributed by atoms with van der Waals surface area (Å²) in [6, 6.07) is 13.7. The number of aliphatic imine (C=N–C) groups is 1. The second kappa shape index (κ2) is 9.23. The predicted molar refractivity (Wildman–Crippen MR) is 110 cm³/mol. The molecule has 0 spiro atoms. The van der Waals surface area contributed by atoms with Crippen molar-refractivity contribution < 1.29 is 9.52 Å². The zero-order chi connectivity index (χ0) is 19.9. The average molecular weight is 381 g/mol. The molecule has 0 amide bonds. The molecule has 7 heteroatoms. The fraction of sp³-hybridized carbons (Fsp3) is 0.333. The van der Waals surface area contributed by atoms with Gasteiger partial charge in [-0.25, -0.2) is 9.67 Å². The van der Waals surface area contributed by atoms with Gasteiger partial charge in [-0.1, -0.05) is 18.2 Å². The van der Waals surface area contributed by atoms with Crippen LogP contribution < -0.4 is 10.6 Å². The summed E-state index contributed by atoms with van der Waals surface area (Å²) in [5, 5.41) is 21.1. The predicted octanol–water partition coefficient (Wildman–Crippen LogP) is 2.87. The Kier molecular flexibility index (Phi) is 6.49. The highest BCUT2D eigenvalue weighted by molar-refractivity contribution is 5.79. The van der Waals surface area contributed by atoms with Crippen molar-refractivity contribution in [2.45, 2.75) is 33.4 Å². The lowest BCUT2D eigenvalue weighted by molar-refractivity contribution is 0.153.